The highest BCUT2D eigenvalue weighted by molar-refractivity contribution is 4.77. The third-order valence-corrected chi connectivity index (χ3v) is 1.59. The maximum atomic E-state index is 12.7. The van der Waals surface area contributed by atoms with Crippen LogP contribution in [-0.4, -0.2) is 37.4 Å². The minimum Gasteiger partial charge on any atom is -0.394 e. The van der Waals surface area contributed by atoms with Gasteiger partial charge in [0.25, 0.3) is 0 Å². The van der Waals surface area contributed by atoms with E-state index >= 15 is 0 Å². The van der Waals surface area contributed by atoms with E-state index in [1.807, 2.05) is 0 Å². The molecule has 0 amide bonds. The number of rotatable bonds is 2. The second kappa shape index (κ2) is 3.27. The largest absolute Gasteiger partial charge is 0.394 e. The summed E-state index contributed by atoms with van der Waals surface area (Å²) in [5.41, 5.74) is 0. The van der Waals surface area contributed by atoms with Crippen molar-refractivity contribution in [2.75, 3.05) is 13.7 Å². The third kappa shape index (κ3) is 1.45. The Bertz CT molecular complexity index is 109. The minimum atomic E-state index is -1.09. The predicted molar refractivity (Wildman–Crippen MR) is 32.3 cm³/mol. The van der Waals surface area contributed by atoms with Gasteiger partial charge in [0.05, 0.1) is 6.61 Å². The molecule has 3 atom stereocenters. The van der Waals surface area contributed by atoms with Crippen LogP contribution in [0.5, 0.6) is 0 Å². The Kier molecular flexibility index (Phi) is 2.59. The second-order valence-corrected chi connectivity index (χ2v) is 2.27. The number of ether oxygens (including phenoxy) is 2. The SMILES string of the molecule is CO[C@H]1C[C@H](F)[C@@H](CO)O1. The van der Waals surface area contributed by atoms with Gasteiger partial charge in [0.1, 0.15) is 12.3 Å². The molecule has 1 heterocycles. The molecule has 0 radical (unpaired) electrons. The summed E-state index contributed by atoms with van der Waals surface area (Å²) in [4.78, 5) is 0. The van der Waals surface area contributed by atoms with E-state index < -0.39 is 18.6 Å². The van der Waals surface area contributed by atoms with Crippen molar-refractivity contribution in [1.82, 2.24) is 0 Å². The van der Waals surface area contributed by atoms with E-state index in [9.17, 15) is 4.39 Å². The molecule has 1 fully saturated rings. The zero-order valence-electron chi connectivity index (χ0n) is 5.79. The Balaban J connectivity index is 2.36. The van der Waals surface area contributed by atoms with Crippen LogP contribution in [0, 0.1) is 0 Å². The summed E-state index contributed by atoms with van der Waals surface area (Å²) in [5, 5.41) is 8.53. The summed E-state index contributed by atoms with van der Waals surface area (Å²) in [6, 6.07) is 0. The van der Waals surface area contributed by atoms with Gasteiger partial charge in [-0.2, -0.15) is 0 Å². The second-order valence-electron chi connectivity index (χ2n) is 2.27. The summed E-state index contributed by atoms with van der Waals surface area (Å²) in [7, 11) is 1.46. The van der Waals surface area contributed by atoms with Crippen LogP contribution in [0.2, 0.25) is 0 Å². The monoisotopic (exact) mass is 150 g/mol. The summed E-state index contributed by atoms with van der Waals surface area (Å²) >= 11 is 0. The fraction of sp³-hybridized carbons (Fsp3) is 1.00. The smallest absolute Gasteiger partial charge is 0.160 e. The summed E-state index contributed by atoms with van der Waals surface area (Å²) in [6.45, 7) is -0.277. The molecule has 0 aliphatic carbocycles. The minimum absolute atomic E-state index is 0.224. The summed E-state index contributed by atoms with van der Waals surface area (Å²) < 4.78 is 22.3. The molecule has 0 bridgehead atoms. The van der Waals surface area contributed by atoms with Gasteiger partial charge in [-0.1, -0.05) is 0 Å². The van der Waals surface area contributed by atoms with E-state index in [4.69, 9.17) is 14.6 Å². The molecular formula is C6H11FO3. The zero-order chi connectivity index (χ0) is 7.56. The van der Waals surface area contributed by atoms with Gasteiger partial charge in [-0.25, -0.2) is 4.39 Å². The molecule has 4 heteroatoms. The molecule has 1 N–H and O–H groups in total. The number of hydrogen-bond acceptors (Lipinski definition) is 3. The lowest BCUT2D eigenvalue weighted by molar-refractivity contribution is -0.125. The Hall–Kier alpha value is -0.190. The molecule has 0 unspecified atom stereocenters. The molecule has 0 saturated carbocycles. The fourth-order valence-corrected chi connectivity index (χ4v) is 0.981. The Labute approximate surface area is 58.7 Å². The Morgan fingerprint density at radius 1 is 1.80 bits per heavy atom. The van der Waals surface area contributed by atoms with Crippen LogP contribution >= 0.6 is 0 Å². The lowest BCUT2D eigenvalue weighted by atomic mass is 10.2. The molecule has 0 aromatic heterocycles. The van der Waals surface area contributed by atoms with Crippen LogP contribution in [-0.2, 0) is 9.47 Å². The average Bonchev–Trinajstić information content (AvgIpc) is 2.30. The summed E-state index contributed by atoms with van der Waals surface area (Å²) in [6.07, 6.45) is -2.03. The van der Waals surface area contributed by atoms with Gasteiger partial charge in [-0.15, -0.1) is 0 Å². The molecule has 1 aliphatic rings. The average molecular weight is 150 g/mol. The van der Waals surface area contributed by atoms with E-state index in [1.54, 1.807) is 0 Å². The third-order valence-electron chi connectivity index (χ3n) is 1.59. The van der Waals surface area contributed by atoms with Gasteiger partial charge < -0.3 is 14.6 Å². The molecule has 1 saturated heterocycles. The van der Waals surface area contributed by atoms with E-state index in [0.29, 0.717) is 0 Å². The molecule has 10 heavy (non-hydrogen) atoms. The van der Waals surface area contributed by atoms with Crippen molar-refractivity contribution < 1.29 is 19.0 Å². The van der Waals surface area contributed by atoms with Crippen LogP contribution in [0.25, 0.3) is 0 Å². The first-order valence-electron chi connectivity index (χ1n) is 3.21. The quantitative estimate of drug-likeness (QED) is 0.605. The number of methoxy groups -OCH3 is 1. The molecule has 1 aliphatic heterocycles. The van der Waals surface area contributed by atoms with E-state index in [-0.39, 0.29) is 13.0 Å². The van der Waals surface area contributed by atoms with Gasteiger partial charge in [0.15, 0.2) is 6.29 Å². The van der Waals surface area contributed by atoms with E-state index in [0.717, 1.165) is 0 Å². The van der Waals surface area contributed by atoms with Gasteiger partial charge in [0.2, 0.25) is 0 Å². The maximum absolute atomic E-state index is 12.7. The first-order valence-corrected chi connectivity index (χ1v) is 3.21. The van der Waals surface area contributed by atoms with E-state index in [1.165, 1.54) is 7.11 Å². The van der Waals surface area contributed by atoms with Crippen molar-refractivity contribution in [2.45, 2.75) is 25.0 Å². The lowest BCUT2D eigenvalue weighted by Crippen LogP contribution is -2.21. The molecule has 0 aromatic carbocycles. The predicted octanol–water partition coefficient (Wildman–Crippen LogP) is 0.0782. The van der Waals surface area contributed by atoms with Crippen molar-refractivity contribution in [3.05, 3.63) is 0 Å². The van der Waals surface area contributed by atoms with Gasteiger partial charge in [0, 0.05) is 13.5 Å². The first kappa shape index (κ1) is 7.91. The molecule has 0 spiro atoms. The number of aliphatic hydroxyl groups excluding tert-OH is 1. The van der Waals surface area contributed by atoms with Crippen molar-refractivity contribution in [1.29, 1.82) is 0 Å². The van der Waals surface area contributed by atoms with E-state index in [2.05, 4.69) is 0 Å². The maximum Gasteiger partial charge on any atom is 0.160 e. The number of halogens is 1. The van der Waals surface area contributed by atoms with Crippen LogP contribution < -0.4 is 0 Å². The van der Waals surface area contributed by atoms with Crippen LogP contribution in [0.4, 0.5) is 4.39 Å². The highest BCUT2D eigenvalue weighted by atomic mass is 19.1. The van der Waals surface area contributed by atoms with Gasteiger partial charge in [-0.3, -0.25) is 0 Å². The van der Waals surface area contributed by atoms with Gasteiger partial charge >= 0.3 is 0 Å². The molecular weight excluding hydrogens is 139 g/mol. The van der Waals surface area contributed by atoms with Crippen molar-refractivity contribution in [3.8, 4) is 0 Å². The Morgan fingerprint density at radius 2 is 2.50 bits per heavy atom. The molecule has 0 aromatic rings. The van der Waals surface area contributed by atoms with Gasteiger partial charge in [-0.05, 0) is 0 Å². The topological polar surface area (TPSA) is 38.7 Å². The lowest BCUT2D eigenvalue weighted by Gasteiger charge is -2.08. The van der Waals surface area contributed by atoms with Crippen molar-refractivity contribution in [2.24, 2.45) is 0 Å². The standard InChI is InChI=1S/C6H11FO3/c1-9-6-2-4(7)5(3-8)10-6/h4-6,8H,2-3H2,1H3/t4-,5+,6+/m0/s1. The number of alkyl halides is 1. The highest BCUT2D eigenvalue weighted by Gasteiger charge is 2.34. The van der Waals surface area contributed by atoms with Crippen LogP contribution in [0.15, 0.2) is 0 Å². The number of hydrogen-bond donors (Lipinski definition) is 1. The normalized spacial score (nSPS) is 40.5. The van der Waals surface area contributed by atoms with Crippen molar-refractivity contribution >= 4 is 0 Å². The van der Waals surface area contributed by atoms with Crippen LogP contribution in [0.1, 0.15) is 6.42 Å². The number of aliphatic hydroxyl groups is 1. The Morgan fingerprint density at radius 3 is 2.80 bits per heavy atom. The molecule has 1 rings (SSSR count). The zero-order valence-corrected chi connectivity index (χ0v) is 5.79. The first-order chi connectivity index (χ1) is 4.77. The molecule has 60 valence electrons. The van der Waals surface area contributed by atoms with Crippen LogP contribution in [0.3, 0.4) is 0 Å². The summed E-state index contributed by atoms with van der Waals surface area (Å²) in [5.74, 6) is 0. The molecule has 3 nitrogen and oxygen atoms in total. The fourth-order valence-electron chi connectivity index (χ4n) is 0.981. The highest BCUT2D eigenvalue weighted by Crippen LogP contribution is 2.22. The van der Waals surface area contributed by atoms with Crippen molar-refractivity contribution in [3.63, 3.8) is 0 Å².